The minimum atomic E-state index is -0.322. The summed E-state index contributed by atoms with van der Waals surface area (Å²) in [6.45, 7) is 0.0755. The van der Waals surface area contributed by atoms with Gasteiger partial charge in [-0.3, -0.25) is 9.69 Å². The van der Waals surface area contributed by atoms with Crippen LogP contribution < -0.4 is 9.64 Å². The molecule has 168 valence electrons. The van der Waals surface area contributed by atoms with Gasteiger partial charge in [-0.05, 0) is 41.8 Å². The van der Waals surface area contributed by atoms with Crippen LogP contribution in [-0.4, -0.2) is 10.2 Å². The van der Waals surface area contributed by atoms with Crippen molar-refractivity contribution in [3.05, 3.63) is 111 Å². The van der Waals surface area contributed by atoms with E-state index in [4.69, 9.17) is 17.0 Å². The zero-order valence-corrected chi connectivity index (χ0v) is 20.9. The molecular weight excluding hydrogens is 533 g/mol. The number of ether oxygens (including phenoxy) is 1. The molecule has 0 unspecified atom stereocenters. The fourth-order valence-electron chi connectivity index (χ4n) is 3.75. The van der Waals surface area contributed by atoms with Crippen LogP contribution in [0.1, 0.15) is 11.1 Å². The topological polar surface area (TPSA) is 29.5 Å². The molecule has 4 aromatic carbocycles. The number of amides is 1. The van der Waals surface area contributed by atoms with Gasteiger partial charge < -0.3 is 4.74 Å². The number of rotatable bonds is 5. The summed E-state index contributed by atoms with van der Waals surface area (Å²) in [5.41, 5.74) is 1.91. The molecule has 0 N–H and O–H groups in total. The zero-order valence-electron chi connectivity index (χ0n) is 17.7. The highest BCUT2D eigenvalue weighted by atomic mass is 79.9. The molecule has 5 rings (SSSR count). The lowest BCUT2D eigenvalue weighted by Gasteiger charge is -2.17. The highest BCUT2D eigenvalue weighted by molar-refractivity contribution is 9.10. The van der Waals surface area contributed by atoms with E-state index in [0.717, 1.165) is 20.9 Å². The summed E-state index contributed by atoms with van der Waals surface area (Å²) in [7, 11) is 0. The molecule has 0 radical (unpaired) electrons. The Labute approximate surface area is 214 Å². The van der Waals surface area contributed by atoms with Crippen molar-refractivity contribution < 1.29 is 13.9 Å². The van der Waals surface area contributed by atoms with Crippen LogP contribution in [0.2, 0.25) is 0 Å². The van der Waals surface area contributed by atoms with Crippen molar-refractivity contribution in [2.45, 2.75) is 6.61 Å². The fraction of sp³-hybridized carbons (Fsp3) is 0.0370. The van der Waals surface area contributed by atoms with Gasteiger partial charge in [-0.1, -0.05) is 94.5 Å². The van der Waals surface area contributed by atoms with Crippen molar-refractivity contribution >= 4 is 72.7 Å². The predicted molar refractivity (Wildman–Crippen MR) is 144 cm³/mol. The Hall–Kier alpha value is -3.00. The van der Waals surface area contributed by atoms with Crippen molar-refractivity contribution in [2.24, 2.45) is 0 Å². The molecule has 1 amide bonds. The van der Waals surface area contributed by atoms with Crippen LogP contribution in [0.5, 0.6) is 5.75 Å². The lowest BCUT2D eigenvalue weighted by molar-refractivity contribution is -0.113. The van der Waals surface area contributed by atoms with Crippen LogP contribution in [0.25, 0.3) is 16.8 Å². The molecule has 1 saturated heterocycles. The van der Waals surface area contributed by atoms with Crippen molar-refractivity contribution in [1.82, 2.24) is 0 Å². The van der Waals surface area contributed by atoms with Crippen LogP contribution in [0.3, 0.4) is 0 Å². The summed E-state index contributed by atoms with van der Waals surface area (Å²) >= 11 is 10.3. The average Bonchev–Trinajstić information content (AvgIpc) is 3.11. The number of hydrogen-bond acceptors (Lipinski definition) is 4. The Morgan fingerprint density at radius 3 is 2.62 bits per heavy atom. The second-order valence-electron chi connectivity index (χ2n) is 7.58. The van der Waals surface area contributed by atoms with Gasteiger partial charge in [0.2, 0.25) is 0 Å². The van der Waals surface area contributed by atoms with Crippen molar-refractivity contribution in [2.75, 3.05) is 4.90 Å². The summed E-state index contributed by atoms with van der Waals surface area (Å²) in [5, 5.41) is 1.99. The third kappa shape index (κ3) is 4.51. The van der Waals surface area contributed by atoms with Gasteiger partial charge in [0.05, 0.1) is 10.6 Å². The highest BCUT2D eigenvalue weighted by Crippen LogP contribution is 2.40. The third-order valence-corrected chi connectivity index (χ3v) is 7.20. The Bertz CT molecular complexity index is 1460. The number of thiocarbonyl (C=S) groups is 1. The van der Waals surface area contributed by atoms with E-state index < -0.39 is 0 Å². The molecule has 7 heteroatoms. The summed E-state index contributed by atoms with van der Waals surface area (Å²) in [4.78, 5) is 15.5. The van der Waals surface area contributed by atoms with E-state index in [0.29, 0.717) is 26.1 Å². The molecule has 0 bridgehead atoms. The molecule has 0 spiro atoms. The Morgan fingerprint density at radius 1 is 1.00 bits per heavy atom. The van der Waals surface area contributed by atoms with E-state index in [1.54, 1.807) is 35.2 Å². The van der Waals surface area contributed by atoms with Crippen molar-refractivity contribution in [3.63, 3.8) is 0 Å². The van der Waals surface area contributed by atoms with Crippen LogP contribution in [0.4, 0.5) is 10.1 Å². The number of carbonyl (C=O) groups is 1. The zero-order chi connectivity index (χ0) is 23.7. The van der Waals surface area contributed by atoms with Gasteiger partial charge in [0.15, 0.2) is 4.32 Å². The standard InChI is InChI=1S/C27H17BrFNO2S2/c28-20-12-13-24(32-16-18-7-2-4-10-22(18)29)19(14-20)15-25-26(31)30(27(33)34-25)23-11-5-8-17-6-1-3-9-21(17)23/h1-15H,16H2/b25-15+. The Balaban J connectivity index is 1.47. The molecule has 0 aromatic heterocycles. The van der Waals surface area contributed by atoms with Crippen LogP contribution >= 0.6 is 39.9 Å². The minimum absolute atomic E-state index is 0.0755. The number of thioether (sulfide) groups is 1. The monoisotopic (exact) mass is 549 g/mol. The molecule has 0 saturated carbocycles. The van der Waals surface area contributed by atoms with Gasteiger partial charge in [-0.25, -0.2) is 4.39 Å². The number of hydrogen-bond donors (Lipinski definition) is 0. The normalized spacial score (nSPS) is 14.9. The summed E-state index contributed by atoms with van der Waals surface area (Å²) in [6.07, 6.45) is 1.77. The maximum Gasteiger partial charge on any atom is 0.270 e. The van der Waals surface area contributed by atoms with Gasteiger partial charge in [0, 0.05) is 21.0 Å². The lowest BCUT2D eigenvalue weighted by Crippen LogP contribution is -2.27. The third-order valence-electron chi connectivity index (χ3n) is 5.40. The van der Waals surface area contributed by atoms with E-state index in [1.165, 1.54) is 17.8 Å². The first-order valence-electron chi connectivity index (χ1n) is 10.4. The number of carbonyl (C=O) groups excluding carboxylic acids is 1. The SMILES string of the molecule is O=C1/C(=C\c2cc(Br)ccc2OCc2ccccc2F)SC(=S)N1c1cccc2ccccc12. The molecule has 1 aliphatic heterocycles. The van der Waals surface area contributed by atoms with Crippen LogP contribution in [0.15, 0.2) is 94.3 Å². The molecule has 0 aliphatic carbocycles. The van der Waals surface area contributed by atoms with Crippen molar-refractivity contribution in [1.29, 1.82) is 0 Å². The van der Waals surface area contributed by atoms with E-state index in [9.17, 15) is 9.18 Å². The second kappa shape index (κ2) is 9.70. The Morgan fingerprint density at radius 2 is 1.76 bits per heavy atom. The van der Waals surface area contributed by atoms with E-state index in [1.807, 2.05) is 54.6 Å². The number of fused-ring (bicyclic) bond motifs is 1. The first-order chi connectivity index (χ1) is 16.5. The summed E-state index contributed by atoms with van der Waals surface area (Å²) in [6, 6.07) is 25.7. The first-order valence-corrected chi connectivity index (χ1v) is 12.4. The molecule has 34 heavy (non-hydrogen) atoms. The van der Waals surface area contributed by atoms with E-state index >= 15 is 0 Å². The fourth-order valence-corrected chi connectivity index (χ4v) is 5.41. The quantitative estimate of drug-likeness (QED) is 0.188. The molecule has 3 nitrogen and oxygen atoms in total. The van der Waals surface area contributed by atoms with Crippen molar-refractivity contribution in [3.8, 4) is 5.75 Å². The van der Waals surface area contributed by atoms with Gasteiger partial charge in [0.25, 0.3) is 5.91 Å². The number of benzene rings is 4. The van der Waals surface area contributed by atoms with Gasteiger partial charge in [0.1, 0.15) is 18.2 Å². The molecular formula is C27H17BrFNO2S2. The summed E-state index contributed by atoms with van der Waals surface area (Å²) in [5.74, 6) is 0.0328. The van der Waals surface area contributed by atoms with E-state index in [2.05, 4.69) is 15.9 Å². The van der Waals surface area contributed by atoms with E-state index in [-0.39, 0.29) is 18.3 Å². The van der Waals surface area contributed by atoms with Crippen LogP contribution in [-0.2, 0) is 11.4 Å². The van der Waals surface area contributed by atoms with Gasteiger partial charge in [-0.15, -0.1) is 0 Å². The number of nitrogens with zero attached hydrogens (tertiary/aromatic N) is 1. The van der Waals surface area contributed by atoms with Gasteiger partial charge in [-0.2, -0.15) is 0 Å². The molecule has 1 fully saturated rings. The molecule has 1 heterocycles. The molecule has 4 aromatic rings. The minimum Gasteiger partial charge on any atom is -0.488 e. The molecule has 0 atom stereocenters. The number of anilines is 1. The largest absolute Gasteiger partial charge is 0.488 e. The maximum absolute atomic E-state index is 14.0. The maximum atomic E-state index is 14.0. The lowest BCUT2D eigenvalue weighted by atomic mass is 10.1. The first kappa shape index (κ1) is 22.8. The highest BCUT2D eigenvalue weighted by Gasteiger charge is 2.34. The number of halogens is 2. The molecule has 1 aliphatic rings. The smallest absolute Gasteiger partial charge is 0.270 e. The summed E-state index contributed by atoms with van der Waals surface area (Å²) < 4.78 is 21.3. The Kier molecular flexibility index (Phi) is 6.50. The van der Waals surface area contributed by atoms with Gasteiger partial charge >= 0.3 is 0 Å². The average molecular weight is 550 g/mol. The second-order valence-corrected chi connectivity index (χ2v) is 10.2. The predicted octanol–water partition coefficient (Wildman–Crippen LogP) is 7.73. The van der Waals surface area contributed by atoms with Crippen LogP contribution in [0, 0.1) is 5.82 Å².